The van der Waals surface area contributed by atoms with Gasteiger partial charge in [-0.25, -0.2) is 0 Å². The third-order valence-corrected chi connectivity index (χ3v) is 4.39. The lowest BCUT2D eigenvalue weighted by Gasteiger charge is -2.24. The highest BCUT2D eigenvalue weighted by atomic mass is 32.2. The summed E-state index contributed by atoms with van der Waals surface area (Å²) in [5.74, 6) is -0.116. The number of amidine groups is 1. The first-order chi connectivity index (χ1) is 10.6. The Bertz CT molecular complexity index is 643. The zero-order valence-corrected chi connectivity index (χ0v) is 13.0. The number of carbonyl (C=O) groups excluding carboxylic acids is 1. The molecule has 8 heteroatoms. The van der Waals surface area contributed by atoms with Crippen molar-refractivity contribution in [2.75, 3.05) is 14.1 Å². The molecular weight excluding hydrogens is 304 g/mol. The fraction of sp³-hybridized carbons (Fsp3) is 0.286. The number of likely N-dealkylation sites (N-methyl/N-ethyl adjacent to an activating group) is 1. The van der Waals surface area contributed by atoms with E-state index in [1.165, 1.54) is 18.8 Å². The van der Waals surface area contributed by atoms with Gasteiger partial charge in [0, 0.05) is 25.8 Å². The van der Waals surface area contributed by atoms with Crippen LogP contribution in [0.5, 0.6) is 0 Å². The first-order valence-corrected chi connectivity index (χ1v) is 7.49. The lowest BCUT2D eigenvalue weighted by Crippen LogP contribution is -2.34. The Morgan fingerprint density at radius 2 is 2.14 bits per heavy atom. The molecule has 1 unspecified atom stereocenters. The van der Waals surface area contributed by atoms with Gasteiger partial charge in [-0.2, -0.15) is 0 Å². The molecule has 22 heavy (non-hydrogen) atoms. The van der Waals surface area contributed by atoms with E-state index in [4.69, 9.17) is 0 Å². The number of nitrogens with zero attached hydrogens (tertiary/aromatic N) is 2. The molecule has 1 aliphatic heterocycles. The van der Waals surface area contributed by atoms with E-state index in [1.807, 2.05) is 30.3 Å². The van der Waals surface area contributed by atoms with Crippen LogP contribution in [0.15, 0.2) is 46.1 Å². The van der Waals surface area contributed by atoms with Crippen LogP contribution in [0.3, 0.4) is 0 Å². The van der Waals surface area contributed by atoms with Crippen molar-refractivity contribution in [3.8, 4) is 0 Å². The van der Waals surface area contributed by atoms with Gasteiger partial charge in [-0.3, -0.25) is 19.9 Å². The Balaban J connectivity index is 2.42. The van der Waals surface area contributed by atoms with Crippen molar-refractivity contribution < 1.29 is 9.72 Å². The van der Waals surface area contributed by atoms with Gasteiger partial charge >= 0.3 is 5.70 Å². The Kier molecular flexibility index (Phi) is 5.16. The minimum Gasteiger partial charge on any atom is -0.368 e. The maximum absolute atomic E-state index is 11.9. The summed E-state index contributed by atoms with van der Waals surface area (Å²) in [5.41, 5.74) is 0.742. The van der Waals surface area contributed by atoms with Crippen molar-refractivity contribution in [2.45, 2.75) is 11.7 Å². The summed E-state index contributed by atoms with van der Waals surface area (Å²) in [7, 11) is 3.01. The number of hydrogen-bond acceptors (Lipinski definition) is 5. The van der Waals surface area contributed by atoms with E-state index < -0.39 is 4.92 Å². The summed E-state index contributed by atoms with van der Waals surface area (Å²) in [4.78, 5) is 26.6. The zero-order chi connectivity index (χ0) is 16.1. The van der Waals surface area contributed by atoms with E-state index in [0.717, 1.165) is 5.56 Å². The van der Waals surface area contributed by atoms with Gasteiger partial charge < -0.3 is 10.6 Å². The van der Waals surface area contributed by atoms with E-state index in [2.05, 4.69) is 15.6 Å². The topological polar surface area (TPSA) is 96.6 Å². The maximum Gasteiger partial charge on any atom is 0.340 e. The third kappa shape index (κ3) is 3.45. The molecule has 0 saturated carbocycles. The van der Waals surface area contributed by atoms with Gasteiger partial charge in [-0.1, -0.05) is 42.1 Å². The highest BCUT2D eigenvalue weighted by Gasteiger charge is 2.33. The number of carbonyl (C=O) groups is 1. The number of benzene rings is 1. The average molecular weight is 320 g/mol. The predicted octanol–water partition coefficient (Wildman–Crippen LogP) is 1.67. The second-order valence-corrected chi connectivity index (χ2v) is 5.74. The first kappa shape index (κ1) is 16.0. The Morgan fingerprint density at radius 1 is 1.45 bits per heavy atom. The number of thioether (sulfide) groups is 1. The van der Waals surface area contributed by atoms with E-state index >= 15 is 0 Å². The maximum atomic E-state index is 11.9. The van der Waals surface area contributed by atoms with Crippen LogP contribution in [0.2, 0.25) is 0 Å². The van der Waals surface area contributed by atoms with Crippen molar-refractivity contribution >= 4 is 23.5 Å². The lowest BCUT2D eigenvalue weighted by molar-refractivity contribution is -0.416. The molecule has 2 N–H and O–H groups in total. The smallest absolute Gasteiger partial charge is 0.340 e. The Labute approximate surface area is 132 Å². The normalized spacial score (nSPS) is 21.1. The molecule has 1 atom stereocenters. The van der Waals surface area contributed by atoms with Crippen LogP contribution in [0.25, 0.3) is 0 Å². The molecule has 0 aliphatic carbocycles. The molecule has 0 radical (unpaired) electrons. The molecule has 0 bridgehead atoms. The van der Waals surface area contributed by atoms with Crippen LogP contribution in [-0.4, -0.2) is 30.8 Å². The van der Waals surface area contributed by atoms with Crippen molar-refractivity contribution in [1.82, 2.24) is 10.6 Å². The molecule has 1 saturated heterocycles. The number of hydrogen-bond donors (Lipinski definition) is 2. The Hall–Kier alpha value is -2.35. The molecule has 7 nitrogen and oxygen atoms in total. The van der Waals surface area contributed by atoms with Crippen LogP contribution in [0.1, 0.15) is 17.2 Å². The van der Waals surface area contributed by atoms with Crippen LogP contribution in [-0.2, 0) is 4.79 Å². The van der Waals surface area contributed by atoms with Crippen LogP contribution in [0.4, 0.5) is 0 Å². The van der Waals surface area contributed by atoms with Gasteiger partial charge in [0.25, 0.3) is 0 Å². The second-order valence-electron chi connectivity index (χ2n) is 4.53. The van der Waals surface area contributed by atoms with Gasteiger partial charge in [-0.05, 0) is 5.56 Å². The van der Waals surface area contributed by atoms with Crippen molar-refractivity contribution in [3.05, 3.63) is 56.7 Å². The van der Waals surface area contributed by atoms with Gasteiger partial charge in [0.05, 0.1) is 4.92 Å². The minimum atomic E-state index is -0.533. The van der Waals surface area contributed by atoms with Crippen LogP contribution >= 0.6 is 11.8 Å². The van der Waals surface area contributed by atoms with Gasteiger partial charge in [-0.15, -0.1) is 0 Å². The molecule has 116 valence electrons. The van der Waals surface area contributed by atoms with Gasteiger partial charge in [0.15, 0.2) is 5.03 Å². The van der Waals surface area contributed by atoms with Crippen molar-refractivity contribution in [2.24, 2.45) is 4.99 Å². The second kappa shape index (κ2) is 7.08. The summed E-state index contributed by atoms with van der Waals surface area (Å²) >= 11 is 1.27. The lowest BCUT2D eigenvalue weighted by atomic mass is 10.1. The summed E-state index contributed by atoms with van der Waals surface area (Å²) in [6.45, 7) is 0. The number of rotatable bonds is 3. The van der Waals surface area contributed by atoms with Crippen LogP contribution in [0, 0.1) is 10.1 Å². The SMILES string of the molecule is CN=C(NC)/C(=C1\NC(=O)CC(c2ccccc2)S1)[N+](=O)[O-]. The molecule has 1 aliphatic rings. The molecule has 0 aromatic heterocycles. The summed E-state index contributed by atoms with van der Waals surface area (Å²) in [6.07, 6.45) is 0.279. The van der Waals surface area contributed by atoms with Crippen molar-refractivity contribution in [1.29, 1.82) is 0 Å². The zero-order valence-electron chi connectivity index (χ0n) is 12.2. The molecule has 1 aromatic rings. The third-order valence-electron chi connectivity index (χ3n) is 3.14. The minimum absolute atomic E-state index is 0.126. The highest BCUT2D eigenvalue weighted by molar-refractivity contribution is 8.03. The Morgan fingerprint density at radius 3 is 2.68 bits per heavy atom. The fourth-order valence-electron chi connectivity index (χ4n) is 2.14. The monoisotopic (exact) mass is 320 g/mol. The number of nitro groups is 1. The first-order valence-electron chi connectivity index (χ1n) is 6.61. The van der Waals surface area contributed by atoms with E-state index in [1.54, 1.807) is 7.05 Å². The quantitative estimate of drug-likeness (QED) is 0.382. The largest absolute Gasteiger partial charge is 0.368 e. The number of aliphatic imine (C=N–C) groups is 1. The van der Waals surface area contributed by atoms with Crippen LogP contribution < -0.4 is 10.6 Å². The number of amides is 1. The van der Waals surface area contributed by atoms with Crippen molar-refractivity contribution in [3.63, 3.8) is 0 Å². The van der Waals surface area contributed by atoms with Gasteiger partial charge in [0.1, 0.15) is 0 Å². The molecular formula is C14H16N4O3S. The molecule has 1 amide bonds. The standard InChI is InChI=1S/C14H16N4O3S/c1-15-13(16-2)12(18(20)21)14-17-11(19)8-10(22-14)9-6-4-3-5-7-9/h3-7,10H,8H2,1-2H3,(H,15,16)(H,17,19)/b14-12-. The molecule has 0 spiro atoms. The fourth-order valence-corrected chi connectivity index (χ4v) is 3.41. The number of nitrogens with one attached hydrogen (secondary N) is 2. The molecule has 2 rings (SSSR count). The highest BCUT2D eigenvalue weighted by Crippen LogP contribution is 2.40. The average Bonchev–Trinajstić information content (AvgIpc) is 2.52. The molecule has 1 aromatic carbocycles. The molecule has 1 fully saturated rings. The predicted molar refractivity (Wildman–Crippen MR) is 86.0 cm³/mol. The summed E-state index contributed by atoms with van der Waals surface area (Å²) in [6, 6.07) is 9.47. The molecule has 1 heterocycles. The summed E-state index contributed by atoms with van der Waals surface area (Å²) in [5, 5.41) is 16.7. The van der Waals surface area contributed by atoms with E-state index in [0.29, 0.717) is 0 Å². The van der Waals surface area contributed by atoms with E-state index in [9.17, 15) is 14.9 Å². The van der Waals surface area contributed by atoms with Gasteiger partial charge in [0.2, 0.25) is 11.7 Å². The summed E-state index contributed by atoms with van der Waals surface area (Å²) < 4.78 is 0. The van der Waals surface area contributed by atoms with E-state index in [-0.39, 0.29) is 34.1 Å².